The summed E-state index contributed by atoms with van der Waals surface area (Å²) in [5.74, 6) is 0. The fourth-order valence-electron chi connectivity index (χ4n) is 1.10. The van der Waals surface area contributed by atoms with E-state index in [0.717, 1.165) is 11.1 Å². The molecule has 84 valence electrons. The molecule has 0 atom stereocenters. The van der Waals surface area contributed by atoms with Crippen molar-refractivity contribution in [3.05, 3.63) is 41.5 Å². The third kappa shape index (κ3) is 4.70. The number of hydrogen-bond donors (Lipinski definition) is 2. The maximum atomic E-state index is 4.88. The van der Waals surface area contributed by atoms with Gasteiger partial charge in [0.15, 0.2) is 5.11 Å². The van der Waals surface area contributed by atoms with Crippen LogP contribution in [-0.4, -0.2) is 18.4 Å². The molecule has 0 aliphatic rings. The highest BCUT2D eigenvalue weighted by Gasteiger charge is 1.88. The lowest BCUT2D eigenvalue weighted by Crippen LogP contribution is -2.28. The number of rotatable bonds is 3. The van der Waals surface area contributed by atoms with Crippen LogP contribution in [0, 0.1) is 0 Å². The molecular weight excluding hydrogens is 218 g/mol. The average molecular weight is 233 g/mol. The van der Waals surface area contributed by atoms with Crippen molar-refractivity contribution < 1.29 is 0 Å². The Labute approximate surface area is 101 Å². The van der Waals surface area contributed by atoms with Gasteiger partial charge in [-0.3, -0.25) is 5.43 Å². The largest absolute Gasteiger partial charge is 0.364 e. The third-order valence-corrected chi connectivity index (χ3v) is 2.15. The van der Waals surface area contributed by atoms with E-state index >= 15 is 0 Å². The minimum absolute atomic E-state index is 0.503. The summed E-state index contributed by atoms with van der Waals surface area (Å²) in [6, 6.07) is 10.1. The van der Waals surface area contributed by atoms with Crippen LogP contribution in [0.5, 0.6) is 0 Å². The summed E-state index contributed by atoms with van der Waals surface area (Å²) in [7, 11) is 1.75. The maximum absolute atomic E-state index is 4.88. The van der Waals surface area contributed by atoms with Crippen molar-refractivity contribution in [2.45, 2.75) is 6.92 Å². The van der Waals surface area contributed by atoms with Crippen molar-refractivity contribution in [3.8, 4) is 0 Å². The number of nitrogens with zero attached hydrogens (tertiary/aromatic N) is 1. The molecule has 0 heterocycles. The number of hydrazone groups is 1. The number of benzene rings is 1. The van der Waals surface area contributed by atoms with E-state index in [0.29, 0.717) is 5.11 Å². The van der Waals surface area contributed by atoms with E-state index in [4.69, 9.17) is 12.2 Å². The number of hydrogen-bond acceptors (Lipinski definition) is 2. The molecule has 0 amide bonds. The fraction of sp³-hybridized carbons (Fsp3) is 0.167. The molecule has 1 aromatic rings. The summed E-state index contributed by atoms with van der Waals surface area (Å²) in [6.45, 7) is 1.99. The predicted molar refractivity (Wildman–Crippen MR) is 73.4 cm³/mol. The molecule has 16 heavy (non-hydrogen) atoms. The Morgan fingerprint density at radius 2 is 2.00 bits per heavy atom. The first-order valence-electron chi connectivity index (χ1n) is 4.96. The van der Waals surface area contributed by atoms with Crippen molar-refractivity contribution in [1.29, 1.82) is 0 Å². The zero-order chi connectivity index (χ0) is 11.8. The second-order valence-corrected chi connectivity index (χ2v) is 3.66. The first kappa shape index (κ1) is 12.4. The van der Waals surface area contributed by atoms with Gasteiger partial charge in [0.25, 0.3) is 0 Å². The molecule has 0 saturated heterocycles. The first-order chi connectivity index (χ1) is 7.72. The van der Waals surface area contributed by atoms with E-state index in [1.165, 1.54) is 0 Å². The van der Waals surface area contributed by atoms with Gasteiger partial charge in [-0.25, -0.2) is 0 Å². The summed E-state index contributed by atoms with van der Waals surface area (Å²) in [4.78, 5) is 0. The Morgan fingerprint density at radius 3 is 2.62 bits per heavy atom. The normalized spacial score (nSPS) is 11.5. The monoisotopic (exact) mass is 233 g/mol. The molecule has 0 saturated carbocycles. The van der Waals surface area contributed by atoms with Crippen molar-refractivity contribution in [2.75, 3.05) is 7.05 Å². The Bertz CT molecular complexity index is 396. The Kier molecular flexibility index (Phi) is 5.22. The molecule has 1 aromatic carbocycles. The molecule has 0 unspecified atom stereocenters. The molecule has 0 aromatic heterocycles. The van der Waals surface area contributed by atoms with Gasteiger partial charge >= 0.3 is 0 Å². The number of thiocarbonyl (C=S) groups is 1. The molecule has 0 radical (unpaired) electrons. The average Bonchev–Trinajstić information content (AvgIpc) is 2.30. The zero-order valence-electron chi connectivity index (χ0n) is 9.40. The summed E-state index contributed by atoms with van der Waals surface area (Å²) in [5.41, 5.74) is 4.91. The molecule has 0 fully saturated rings. The van der Waals surface area contributed by atoms with Crippen molar-refractivity contribution in [3.63, 3.8) is 0 Å². The van der Waals surface area contributed by atoms with E-state index in [1.807, 2.05) is 43.3 Å². The summed E-state index contributed by atoms with van der Waals surface area (Å²) >= 11 is 4.88. The zero-order valence-corrected chi connectivity index (χ0v) is 10.2. The molecule has 1 rings (SSSR count). The lowest BCUT2D eigenvalue weighted by atomic mass is 10.1. The highest BCUT2D eigenvalue weighted by Crippen LogP contribution is 2.04. The van der Waals surface area contributed by atoms with Crippen molar-refractivity contribution in [2.24, 2.45) is 5.10 Å². The van der Waals surface area contributed by atoms with Crippen LogP contribution in [0.2, 0.25) is 0 Å². The van der Waals surface area contributed by atoms with Crippen LogP contribution in [0.3, 0.4) is 0 Å². The van der Waals surface area contributed by atoms with Crippen LogP contribution in [0.4, 0.5) is 0 Å². The van der Waals surface area contributed by atoms with E-state index in [9.17, 15) is 0 Å². The molecule has 2 N–H and O–H groups in total. The van der Waals surface area contributed by atoms with Gasteiger partial charge < -0.3 is 5.32 Å². The van der Waals surface area contributed by atoms with Crippen molar-refractivity contribution >= 4 is 29.6 Å². The highest BCUT2D eigenvalue weighted by atomic mass is 32.1. The molecule has 3 nitrogen and oxygen atoms in total. The molecular formula is C12H15N3S. The van der Waals surface area contributed by atoms with Crippen LogP contribution >= 0.6 is 12.2 Å². The van der Waals surface area contributed by atoms with E-state index in [1.54, 1.807) is 13.3 Å². The Balaban J connectivity index is 2.55. The number of nitrogens with one attached hydrogen (secondary N) is 2. The van der Waals surface area contributed by atoms with Crippen molar-refractivity contribution in [1.82, 2.24) is 10.7 Å². The second kappa shape index (κ2) is 6.74. The lowest BCUT2D eigenvalue weighted by Gasteiger charge is -1.99. The summed E-state index contributed by atoms with van der Waals surface area (Å²) in [5, 5.41) is 7.27. The van der Waals surface area contributed by atoms with Gasteiger partial charge in [0.2, 0.25) is 0 Å². The van der Waals surface area contributed by atoms with Crippen LogP contribution in [0.25, 0.3) is 6.08 Å². The van der Waals surface area contributed by atoms with Gasteiger partial charge in [0.1, 0.15) is 0 Å². The third-order valence-electron chi connectivity index (χ3n) is 1.86. The summed E-state index contributed by atoms with van der Waals surface area (Å²) < 4.78 is 0. The van der Waals surface area contributed by atoms with Gasteiger partial charge in [0.05, 0.1) is 6.21 Å². The minimum atomic E-state index is 0.503. The van der Waals surface area contributed by atoms with Gasteiger partial charge in [-0.05, 0) is 30.3 Å². The van der Waals surface area contributed by atoms with Crippen LogP contribution in [0.1, 0.15) is 12.5 Å². The first-order valence-corrected chi connectivity index (χ1v) is 5.37. The smallest absolute Gasteiger partial charge is 0.186 e. The van der Waals surface area contributed by atoms with Gasteiger partial charge in [0, 0.05) is 7.05 Å². The minimum Gasteiger partial charge on any atom is -0.364 e. The topological polar surface area (TPSA) is 36.4 Å². The molecule has 4 heteroatoms. The molecule has 0 spiro atoms. The van der Waals surface area contributed by atoms with Crippen LogP contribution in [0.15, 0.2) is 41.0 Å². The standard InChI is InChI=1S/C12H15N3S/c1-10(9-14-15-12(16)13-2)8-11-6-4-3-5-7-11/h3-9H,1-2H3,(H2,13,15,16)/b10-8+,14-9+. The van der Waals surface area contributed by atoms with Gasteiger partial charge in [-0.15, -0.1) is 0 Å². The van der Waals surface area contributed by atoms with Gasteiger partial charge in [-0.2, -0.15) is 5.10 Å². The van der Waals surface area contributed by atoms with E-state index in [2.05, 4.69) is 15.8 Å². The molecule has 0 bridgehead atoms. The SMILES string of the molecule is CNC(=S)N/N=C/C(C)=C/c1ccccc1. The van der Waals surface area contributed by atoms with E-state index in [-0.39, 0.29) is 0 Å². The lowest BCUT2D eigenvalue weighted by molar-refractivity contribution is 0.981. The number of allylic oxidation sites excluding steroid dienone is 1. The summed E-state index contributed by atoms with van der Waals surface area (Å²) in [6.07, 6.45) is 3.78. The predicted octanol–water partition coefficient (Wildman–Crippen LogP) is 2.17. The van der Waals surface area contributed by atoms with Crippen LogP contribution in [-0.2, 0) is 0 Å². The molecule has 0 aliphatic heterocycles. The van der Waals surface area contributed by atoms with Gasteiger partial charge in [-0.1, -0.05) is 36.4 Å². The van der Waals surface area contributed by atoms with Crippen LogP contribution < -0.4 is 10.7 Å². The second-order valence-electron chi connectivity index (χ2n) is 3.25. The highest BCUT2D eigenvalue weighted by molar-refractivity contribution is 7.80. The Morgan fingerprint density at radius 1 is 1.31 bits per heavy atom. The fourth-order valence-corrected chi connectivity index (χ4v) is 1.15. The Hall–Kier alpha value is -1.68. The quantitative estimate of drug-likeness (QED) is 0.477. The molecule has 0 aliphatic carbocycles. The van der Waals surface area contributed by atoms with E-state index < -0.39 is 0 Å². The maximum Gasteiger partial charge on any atom is 0.186 e.